The van der Waals surface area contributed by atoms with Gasteiger partial charge in [0.1, 0.15) is 6.10 Å². The maximum atomic E-state index is 12.5. The van der Waals surface area contributed by atoms with E-state index < -0.39 is 0 Å². The van der Waals surface area contributed by atoms with Crippen LogP contribution in [0.5, 0.6) is 0 Å². The van der Waals surface area contributed by atoms with Crippen molar-refractivity contribution in [3.05, 3.63) is 0 Å². The van der Waals surface area contributed by atoms with Crippen LogP contribution in [0.2, 0.25) is 0 Å². The number of hydrogen-bond acceptors (Lipinski definition) is 2. The molecule has 2 nitrogen and oxygen atoms in total. The Morgan fingerprint density at radius 1 is 1.18 bits per heavy atom. The lowest BCUT2D eigenvalue weighted by Gasteiger charge is -2.36. The predicted octanol–water partition coefficient (Wildman–Crippen LogP) is 3.69. The maximum absolute atomic E-state index is 12.5. The van der Waals surface area contributed by atoms with E-state index in [1.807, 2.05) is 0 Å². The number of ether oxygens (including phenoxy) is 1. The molecule has 0 heterocycles. The molecule has 0 aromatic carbocycles. The summed E-state index contributed by atoms with van der Waals surface area (Å²) >= 11 is 0. The lowest BCUT2D eigenvalue weighted by molar-refractivity contribution is -0.141. The van der Waals surface area contributed by atoms with Gasteiger partial charge in [-0.2, -0.15) is 0 Å². The fraction of sp³-hybridized carbons (Fsp3) is 0.933. The normalized spacial score (nSPS) is 32.2. The van der Waals surface area contributed by atoms with Gasteiger partial charge in [-0.15, -0.1) is 0 Å². The van der Waals surface area contributed by atoms with Gasteiger partial charge in [0, 0.05) is 13.0 Å². The molecule has 0 aromatic rings. The summed E-state index contributed by atoms with van der Waals surface area (Å²) in [5.74, 6) is 1.95. The summed E-state index contributed by atoms with van der Waals surface area (Å²) in [6, 6.07) is 0. The van der Waals surface area contributed by atoms with E-state index in [1.165, 1.54) is 6.42 Å². The van der Waals surface area contributed by atoms with E-state index in [-0.39, 0.29) is 17.4 Å². The number of rotatable bonds is 3. The van der Waals surface area contributed by atoms with Crippen molar-refractivity contribution in [1.29, 1.82) is 0 Å². The standard InChI is InChI=1S/C15H28O2/c1-10-7-8-12(9-11(10)2)13(16)14(17-6)15(3,4)5/h10-12,14H,7-9H2,1-6H3. The lowest BCUT2D eigenvalue weighted by Crippen LogP contribution is -2.41. The van der Waals surface area contributed by atoms with Crippen molar-refractivity contribution >= 4 is 5.78 Å². The number of methoxy groups -OCH3 is 1. The van der Waals surface area contributed by atoms with E-state index in [9.17, 15) is 4.79 Å². The van der Waals surface area contributed by atoms with Gasteiger partial charge >= 0.3 is 0 Å². The first-order valence-electron chi connectivity index (χ1n) is 6.84. The Morgan fingerprint density at radius 3 is 2.18 bits per heavy atom. The minimum atomic E-state index is -0.256. The Labute approximate surface area is 106 Å². The van der Waals surface area contributed by atoms with Crippen LogP contribution in [0.4, 0.5) is 0 Å². The monoisotopic (exact) mass is 240 g/mol. The second-order valence-electron chi connectivity index (χ2n) is 6.85. The maximum Gasteiger partial charge on any atom is 0.165 e. The first kappa shape index (κ1) is 14.7. The Kier molecular flexibility index (Phi) is 4.77. The molecule has 4 unspecified atom stereocenters. The molecular formula is C15H28O2. The van der Waals surface area contributed by atoms with E-state index in [0.717, 1.165) is 18.8 Å². The number of Topliss-reactive ketones (excluding diaryl/α,β-unsaturated/α-hetero) is 1. The van der Waals surface area contributed by atoms with Gasteiger partial charge in [0.15, 0.2) is 5.78 Å². The Bertz CT molecular complexity index is 265. The molecule has 1 aliphatic carbocycles. The van der Waals surface area contributed by atoms with Crippen molar-refractivity contribution in [3.63, 3.8) is 0 Å². The molecule has 0 radical (unpaired) electrons. The number of carbonyl (C=O) groups is 1. The molecule has 0 saturated heterocycles. The van der Waals surface area contributed by atoms with Crippen LogP contribution >= 0.6 is 0 Å². The van der Waals surface area contributed by atoms with Gasteiger partial charge in [-0.25, -0.2) is 0 Å². The third kappa shape index (κ3) is 3.54. The minimum Gasteiger partial charge on any atom is -0.373 e. The molecule has 0 amide bonds. The van der Waals surface area contributed by atoms with Crippen LogP contribution in [-0.4, -0.2) is 19.0 Å². The summed E-state index contributed by atoms with van der Waals surface area (Å²) < 4.78 is 5.44. The van der Waals surface area contributed by atoms with Gasteiger partial charge < -0.3 is 4.74 Å². The third-order valence-corrected chi connectivity index (χ3v) is 4.28. The average Bonchev–Trinajstić information content (AvgIpc) is 2.20. The molecular weight excluding hydrogens is 212 g/mol. The Hall–Kier alpha value is -0.370. The van der Waals surface area contributed by atoms with Crippen LogP contribution in [-0.2, 0) is 9.53 Å². The summed E-state index contributed by atoms with van der Waals surface area (Å²) in [4.78, 5) is 12.5. The van der Waals surface area contributed by atoms with Gasteiger partial charge in [-0.05, 0) is 36.5 Å². The largest absolute Gasteiger partial charge is 0.373 e. The predicted molar refractivity (Wildman–Crippen MR) is 70.9 cm³/mol. The van der Waals surface area contributed by atoms with Crippen molar-refractivity contribution in [1.82, 2.24) is 0 Å². The quantitative estimate of drug-likeness (QED) is 0.752. The minimum absolute atomic E-state index is 0.0991. The van der Waals surface area contributed by atoms with Crippen molar-refractivity contribution in [2.45, 2.75) is 60.0 Å². The molecule has 1 aliphatic rings. The molecule has 100 valence electrons. The lowest BCUT2D eigenvalue weighted by atomic mass is 9.71. The zero-order valence-corrected chi connectivity index (χ0v) is 12.2. The second kappa shape index (κ2) is 5.51. The molecule has 1 fully saturated rings. The van der Waals surface area contributed by atoms with Crippen molar-refractivity contribution in [2.24, 2.45) is 23.2 Å². The molecule has 4 atom stereocenters. The van der Waals surface area contributed by atoms with Gasteiger partial charge in [0.2, 0.25) is 0 Å². The van der Waals surface area contributed by atoms with E-state index in [2.05, 4.69) is 34.6 Å². The molecule has 0 aliphatic heterocycles. The topological polar surface area (TPSA) is 26.3 Å². The summed E-state index contributed by atoms with van der Waals surface area (Å²) in [6.45, 7) is 10.8. The highest BCUT2D eigenvalue weighted by molar-refractivity contribution is 5.86. The highest BCUT2D eigenvalue weighted by atomic mass is 16.5. The van der Waals surface area contributed by atoms with Crippen LogP contribution < -0.4 is 0 Å². The van der Waals surface area contributed by atoms with E-state index in [4.69, 9.17) is 4.74 Å². The molecule has 0 N–H and O–H groups in total. The highest BCUT2D eigenvalue weighted by Crippen LogP contribution is 2.36. The van der Waals surface area contributed by atoms with Crippen LogP contribution in [0.3, 0.4) is 0 Å². The molecule has 0 aromatic heterocycles. The first-order valence-corrected chi connectivity index (χ1v) is 6.84. The van der Waals surface area contributed by atoms with Crippen LogP contribution in [0.1, 0.15) is 53.9 Å². The van der Waals surface area contributed by atoms with E-state index in [1.54, 1.807) is 7.11 Å². The summed E-state index contributed by atoms with van der Waals surface area (Å²) in [7, 11) is 1.66. The summed E-state index contributed by atoms with van der Waals surface area (Å²) in [5.41, 5.74) is -0.0991. The second-order valence-corrected chi connectivity index (χ2v) is 6.85. The van der Waals surface area contributed by atoms with Gasteiger partial charge in [-0.3, -0.25) is 4.79 Å². The summed E-state index contributed by atoms with van der Waals surface area (Å²) in [5, 5.41) is 0. The van der Waals surface area contributed by atoms with Crippen LogP contribution in [0.25, 0.3) is 0 Å². The van der Waals surface area contributed by atoms with Gasteiger partial charge in [-0.1, -0.05) is 34.6 Å². The molecule has 1 rings (SSSR count). The Morgan fingerprint density at radius 2 is 1.76 bits per heavy atom. The zero-order chi connectivity index (χ0) is 13.2. The van der Waals surface area contributed by atoms with Crippen molar-refractivity contribution in [3.8, 4) is 0 Å². The number of carbonyl (C=O) groups excluding carboxylic acids is 1. The fourth-order valence-electron chi connectivity index (χ4n) is 2.92. The smallest absolute Gasteiger partial charge is 0.165 e. The third-order valence-electron chi connectivity index (χ3n) is 4.28. The summed E-state index contributed by atoms with van der Waals surface area (Å²) in [6.07, 6.45) is 3.00. The van der Waals surface area contributed by atoms with E-state index in [0.29, 0.717) is 11.7 Å². The fourth-order valence-corrected chi connectivity index (χ4v) is 2.92. The molecule has 2 heteroatoms. The van der Waals surface area contributed by atoms with Gasteiger partial charge in [0.25, 0.3) is 0 Å². The molecule has 1 saturated carbocycles. The molecule has 0 bridgehead atoms. The number of ketones is 1. The first-order chi connectivity index (χ1) is 7.77. The van der Waals surface area contributed by atoms with Crippen LogP contribution in [0.15, 0.2) is 0 Å². The average molecular weight is 240 g/mol. The zero-order valence-electron chi connectivity index (χ0n) is 12.2. The van der Waals surface area contributed by atoms with Crippen molar-refractivity contribution in [2.75, 3.05) is 7.11 Å². The molecule has 0 spiro atoms. The van der Waals surface area contributed by atoms with E-state index >= 15 is 0 Å². The SMILES string of the molecule is COC(C(=O)C1CCC(C)C(C)C1)C(C)(C)C. The van der Waals surface area contributed by atoms with Crippen molar-refractivity contribution < 1.29 is 9.53 Å². The number of hydrogen-bond donors (Lipinski definition) is 0. The molecule has 17 heavy (non-hydrogen) atoms. The van der Waals surface area contributed by atoms with Crippen LogP contribution in [0, 0.1) is 23.2 Å². The Balaban J connectivity index is 2.69. The highest BCUT2D eigenvalue weighted by Gasteiger charge is 2.38. The van der Waals surface area contributed by atoms with Gasteiger partial charge in [0.05, 0.1) is 0 Å².